The molecule has 1 radical (unpaired) electrons. The summed E-state index contributed by atoms with van der Waals surface area (Å²) in [5, 5.41) is 0. The molecule has 0 bridgehead atoms. The maximum Gasteiger partial charge on any atom is 0.165 e. The lowest BCUT2D eigenvalue weighted by Gasteiger charge is -2.21. The minimum atomic E-state index is -0.265. The van der Waals surface area contributed by atoms with E-state index in [9.17, 15) is 4.39 Å². The van der Waals surface area contributed by atoms with E-state index in [0.717, 1.165) is 36.3 Å². The molecule has 0 aliphatic heterocycles. The van der Waals surface area contributed by atoms with Gasteiger partial charge in [-0.15, -0.1) is 0 Å². The average molecular weight is 424 g/mol. The van der Waals surface area contributed by atoms with E-state index in [1.165, 1.54) is 69.8 Å². The van der Waals surface area contributed by atoms with Crippen LogP contribution in [0.1, 0.15) is 89.5 Å². The van der Waals surface area contributed by atoms with E-state index in [-0.39, 0.29) is 5.82 Å². The molecule has 0 atom stereocenters. The molecule has 31 heavy (non-hydrogen) atoms. The molecule has 169 valence electrons. The van der Waals surface area contributed by atoms with E-state index in [2.05, 4.69) is 37.6 Å². The van der Waals surface area contributed by atoms with E-state index >= 15 is 0 Å². The van der Waals surface area contributed by atoms with Crippen LogP contribution >= 0.6 is 0 Å². The van der Waals surface area contributed by atoms with Crippen molar-refractivity contribution in [3.63, 3.8) is 0 Å². The van der Waals surface area contributed by atoms with Gasteiger partial charge in [0, 0.05) is 0 Å². The molecule has 0 spiro atoms. The van der Waals surface area contributed by atoms with Gasteiger partial charge in [0.25, 0.3) is 0 Å². The Bertz CT molecular complexity index is 746. The summed E-state index contributed by atoms with van der Waals surface area (Å²) >= 11 is 0. The van der Waals surface area contributed by atoms with Crippen LogP contribution in [0.25, 0.3) is 11.1 Å². The van der Waals surface area contributed by atoms with Crippen LogP contribution < -0.4 is 4.74 Å². The zero-order chi connectivity index (χ0) is 21.7. The maximum absolute atomic E-state index is 14.5. The SMILES string of the molecule is CCCCCCCCCOc1ccc(-c2ccc(CCC3CC[CH]CC3)cc2)cc1F. The molecule has 1 nitrogen and oxygen atoms in total. The Morgan fingerprint density at radius 1 is 0.839 bits per heavy atom. The molecule has 1 fully saturated rings. The highest BCUT2D eigenvalue weighted by Gasteiger charge is 2.13. The van der Waals surface area contributed by atoms with Crippen molar-refractivity contribution < 1.29 is 9.13 Å². The van der Waals surface area contributed by atoms with Crippen LogP contribution in [-0.4, -0.2) is 6.61 Å². The van der Waals surface area contributed by atoms with Gasteiger partial charge in [-0.25, -0.2) is 4.39 Å². The fourth-order valence-corrected chi connectivity index (χ4v) is 4.56. The third kappa shape index (κ3) is 8.31. The highest BCUT2D eigenvalue weighted by molar-refractivity contribution is 5.64. The first-order valence-electron chi connectivity index (χ1n) is 12.6. The highest BCUT2D eigenvalue weighted by atomic mass is 19.1. The smallest absolute Gasteiger partial charge is 0.165 e. The van der Waals surface area contributed by atoms with Crippen molar-refractivity contribution in [1.29, 1.82) is 0 Å². The quantitative estimate of drug-likeness (QED) is 0.292. The van der Waals surface area contributed by atoms with Crippen molar-refractivity contribution in [2.24, 2.45) is 5.92 Å². The van der Waals surface area contributed by atoms with Crippen molar-refractivity contribution in [2.75, 3.05) is 6.61 Å². The first kappa shape index (κ1) is 23.8. The van der Waals surface area contributed by atoms with Crippen molar-refractivity contribution >= 4 is 0 Å². The minimum Gasteiger partial charge on any atom is -0.491 e. The zero-order valence-electron chi connectivity index (χ0n) is 19.4. The van der Waals surface area contributed by atoms with Gasteiger partial charge in [-0.1, -0.05) is 88.6 Å². The molecule has 0 unspecified atom stereocenters. The van der Waals surface area contributed by atoms with Gasteiger partial charge in [0.1, 0.15) is 0 Å². The van der Waals surface area contributed by atoms with Gasteiger partial charge in [-0.2, -0.15) is 0 Å². The largest absolute Gasteiger partial charge is 0.491 e. The summed E-state index contributed by atoms with van der Waals surface area (Å²) in [6.07, 6.45) is 18.8. The number of unbranched alkanes of at least 4 members (excludes halogenated alkanes) is 6. The minimum absolute atomic E-state index is 0.265. The fourth-order valence-electron chi connectivity index (χ4n) is 4.56. The second-order valence-corrected chi connectivity index (χ2v) is 9.16. The topological polar surface area (TPSA) is 9.23 Å². The first-order chi connectivity index (χ1) is 15.3. The third-order valence-electron chi connectivity index (χ3n) is 6.62. The number of hydrogen-bond acceptors (Lipinski definition) is 1. The molecule has 0 N–H and O–H groups in total. The predicted octanol–water partition coefficient (Wildman–Crippen LogP) is 8.95. The van der Waals surface area contributed by atoms with E-state index in [0.29, 0.717) is 12.4 Å². The monoisotopic (exact) mass is 423 g/mol. The van der Waals surface area contributed by atoms with Crippen molar-refractivity contribution in [2.45, 2.75) is 90.4 Å². The second-order valence-electron chi connectivity index (χ2n) is 9.16. The number of rotatable bonds is 13. The summed E-state index contributed by atoms with van der Waals surface area (Å²) in [6.45, 7) is 2.83. The van der Waals surface area contributed by atoms with Gasteiger partial charge in [0.05, 0.1) is 6.61 Å². The number of halogens is 1. The summed E-state index contributed by atoms with van der Waals surface area (Å²) < 4.78 is 20.2. The summed E-state index contributed by atoms with van der Waals surface area (Å²) in [5.74, 6) is 0.988. The number of hydrogen-bond donors (Lipinski definition) is 0. The van der Waals surface area contributed by atoms with Crippen LogP contribution in [0, 0.1) is 18.2 Å². The fraction of sp³-hybridized carbons (Fsp3) is 0.552. The molecule has 1 saturated carbocycles. The first-order valence-corrected chi connectivity index (χ1v) is 12.6. The van der Waals surface area contributed by atoms with Crippen molar-refractivity contribution in [3.8, 4) is 16.9 Å². The predicted molar refractivity (Wildman–Crippen MR) is 130 cm³/mol. The Morgan fingerprint density at radius 2 is 1.52 bits per heavy atom. The summed E-state index contributed by atoms with van der Waals surface area (Å²) in [6, 6.07) is 14.0. The van der Waals surface area contributed by atoms with Gasteiger partial charge >= 0.3 is 0 Å². The second kappa shape index (κ2) is 13.6. The number of benzene rings is 2. The van der Waals surface area contributed by atoms with Crippen LogP contribution in [0.15, 0.2) is 42.5 Å². The van der Waals surface area contributed by atoms with Crippen LogP contribution in [0.2, 0.25) is 0 Å². The van der Waals surface area contributed by atoms with Gasteiger partial charge in [0.2, 0.25) is 0 Å². The molecule has 0 aromatic heterocycles. The molecule has 0 heterocycles. The molecule has 2 aromatic carbocycles. The Hall–Kier alpha value is -1.83. The van der Waals surface area contributed by atoms with Gasteiger partial charge in [0.15, 0.2) is 11.6 Å². The van der Waals surface area contributed by atoms with E-state index in [1.807, 2.05) is 6.07 Å². The summed E-state index contributed by atoms with van der Waals surface area (Å²) in [4.78, 5) is 0. The zero-order valence-corrected chi connectivity index (χ0v) is 19.4. The molecule has 3 rings (SSSR count). The van der Waals surface area contributed by atoms with E-state index in [4.69, 9.17) is 4.74 Å². The normalized spacial score (nSPS) is 14.6. The van der Waals surface area contributed by atoms with Crippen molar-refractivity contribution in [3.05, 3.63) is 60.3 Å². The van der Waals surface area contributed by atoms with E-state index < -0.39 is 0 Å². The summed E-state index contributed by atoms with van der Waals surface area (Å²) in [7, 11) is 0. The van der Waals surface area contributed by atoms with Crippen molar-refractivity contribution in [1.82, 2.24) is 0 Å². The van der Waals surface area contributed by atoms with Gasteiger partial charge in [-0.05, 0) is 73.3 Å². The lowest BCUT2D eigenvalue weighted by molar-refractivity contribution is 0.290. The maximum atomic E-state index is 14.5. The van der Waals surface area contributed by atoms with Crippen LogP contribution in [0.3, 0.4) is 0 Å². The Labute approximate surface area is 189 Å². The summed E-state index contributed by atoms with van der Waals surface area (Å²) in [5.41, 5.74) is 3.36. The number of ether oxygens (including phenoxy) is 1. The van der Waals surface area contributed by atoms with Gasteiger partial charge in [-0.3, -0.25) is 0 Å². The van der Waals surface area contributed by atoms with Crippen LogP contribution in [-0.2, 0) is 6.42 Å². The molecule has 1 aliphatic rings. The molecular formula is C29H40FO. The molecular weight excluding hydrogens is 383 g/mol. The molecule has 0 amide bonds. The Balaban J connectivity index is 1.42. The van der Waals surface area contributed by atoms with Gasteiger partial charge < -0.3 is 4.74 Å². The molecule has 2 aromatic rings. The average Bonchev–Trinajstić information content (AvgIpc) is 2.81. The standard InChI is InChI=1S/C29H40FO/c1-2-3-4-5-6-7-11-22-31-29-21-20-27(23-28(29)30)26-18-16-25(17-19-26)15-14-24-12-9-8-10-13-24/h8,16-21,23-24H,2-7,9-15,22H2,1H3. The van der Waals surface area contributed by atoms with E-state index in [1.54, 1.807) is 12.1 Å². The Morgan fingerprint density at radius 3 is 2.23 bits per heavy atom. The Kier molecular flexibility index (Phi) is 10.4. The molecule has 2 heteroatoms. The van der Waals surface area contributed by atoms with Crippen LogP contribution in [0.5, 0.6) is 5.75 Å². The molecule has 0 saturated heterocycles. The highest BCUT2D eigenvalue weighted by Crippen LogP contribution is 2.29. The lowest BCUT2D eigenvalue weighted by atomic mass is 9.85. The third-order valence-corrected chi connectivity index (χ3v) is 6.62. The lowest BCUT2D eigenvalue weighted by Crippen LogP contribution is -2.07. The number of aryl methyl sites for hydroxylation is 1. The van der Waals surface area contributed by atoms with Crippen LogP contribution in [0.4, 0.5) is 4.39 Å². The molecule has 1 aliphatic carbocycles.